The molecule has 2 atom stereocenters. The van der Waals surface area contributed by atoms with Crippen LogP contribution in [0.3, 0.4) is 0 Å². The number of carbonyl (C=O) groups is 1. The van der Waals surface area contributed by atoms with Gasteiger partial charge in [0.05, 0.1) is 12.6 Å². The molecule has 0 saturated carbocycles. The smallest absolute Gasteiger partial charge is 0.407 e. The number of alkyl carbamates (subject to hydrolysis) is 1. The van der Waals surface area contributed by atoms with Crippen molar-refractivity contribution in [2.45, 2.75) is 32.6 Å². The van der Waals surface area contributed by atoms with Gasteiger partial charge in [-0.1, -0.05) is 30.3 Å². The molecule has 1 amide bonds. The molecule has 1 aromatic rings. The average molecular weight is 315 g/mol. The molecule has 1 aromatic carbocycles. The van der Waals surface area contributed by atoms with E-state index < -0.39 is 18.2 Å². The minimum absolute atomic E-state index is 0.0463. The molecule has 0 spiro atoms. The van der Waals surface area contributed by atoms with Crippen molar-refractivity contribution in [1.82, 2.24) is 5.32 Å². The van der Waals surface area contributed by atoms with Crippen molar-refractivity contribution in [3.05, 3.63) is 35.9 Å². The number of hydrogen-bond acceptors (Lipinski definition) is 5. The summed E-state index contributed by atoms with van der Waals surface area (Å²) in [5.41, 5.74) is 0.873. The second-order valence-corrected chi connectivity index (χ2v) is 4.46. The zero-order valence-electron chi connectivity index (χ0n) is 12.0. The van der Waals surface area contributed by atoms with Crippen LogP contribution in [0, 0.1) is 0 Å². The number of nitrogens with one attached hydrogen (secondary N) is 1. The fourth-order valence-corrected chi connectivity index (χ4v) is 1.70. The molecule has 116 valence electrons. The van der Waals surface area contributed by atoms with Crippen LogP contribution in [-0.2, 0) is 16.1 Å². The Morgan fingerprint density at radius 2 is 2.05 bits per heavy atom. The van der Waals surface area contributed by atoms with Gasteiger partial charge in [0.25, 0.3) is 0 Å². The summed E-state index contributed by atoms with van der Waals surface area (Å²) in [5.74, 6) is -0.0463. The van der Waals surface area contributed by atoms with Crippen molar-refractivity contribution in [3.63, 3.8) is 0 Å². The fraction of sp³-hybridized carbons (Fsp3) is 0.429. The van der Waals surface area contributed by atoms with Crippen LogP contribution in [0.4, 0.5) is 4.79 Å². The summed E-state index contributed by atoms with van der Waals surface area (Å²) in [7, 11) is 0. The number of aliphatic hydroxyl groups excluding tert-OH is 1. The van der Waals surface area contributed by atoms with E-state index in [1.165, 1.54) is 0 Å². The van der Waals surface area contributed by atoms with Gasteiger partial charge in [-0.3, -0.25) is 0 Å². The third kappa shape index (κ3) is 6.01. The number of rotatable bonds is 6. The van der Waals surface area contributed by atoms with Crippen molar-refractivity contribution in [2.75, 3.05) is 6.61 Å². The Balaban J connectivity index is 2.43. The number of halogens is 1. The molecule has 0 aliphatic rings. The van der Waals surface area contributed by atoms with Gasteiger partial charge in [-0.15, -0.1) is 4.51 Å². The highest BCUT2D eigenvalue weighted by atomic mass is 35.5. The molecule has 1 unspecified atom stereocenters. The molecule has 0 bridgehead atoms. The Morgan fingerprint density at radius 1 is 1.38 bits per heavy atom. The molecule has 0 radical (unpaired) electrons. The van der Waals surface area contributed by atoms with E-state index in [4.69, 9.17) is 21.3 Å². The third-order valence-corrected chi connectivity index (χ3v) is 2.83. The number of amides is 1. The fourth-order valence-electron chi connectivity index (χ4n) is 1.55. The molecule has 21 heavy (non-hydrogen) atoms. The standard InChI is InChI=1S/C14H19ClN2O4/c1-3-20-13(17-15)12(18)10(2)16-14(19)21-9-11-7-5-4-6-8-11/h4-8,10,12,18H,3,9H2,1-2H3,(H,16,19)/b17-13-/t10-,12?/m0/s1. The number of carbonyl (C=O) groups excluding carboxylic acids is 1. The molecule has 6 nitrogen and oxygen atoms in total. The van der Waals surface area contributed by atoms with E-state index in [0.29, 0.717) is 6.61 Å². The Kier molecular flexibility index (Phi) is 7.56. The molecule has 0 aliphatic heterocycles. The Morgan fingerprint density at radius 3 is 2.62 bits per heavy atom. The van der Waals surface area contributed by atoms with E-state index >= 15 is 0 Å². The van der Waals surface area contributed by atoms with Crippen LogP contribution in [0.5, 0.6) is 0 Å². The van der Waals surface area contributed by atoms with Crippen LogP contribution in [0.15, 0.2) is 34.8 Å². The zero-order chi connectivity index (χ0) is 15.7. The van der Waals surface area contributed by atoms with Gasteiger partial charge >= 0.3 is 6.09 Å². The van der Waals surface area contributed by atoms with Gasteiger partial charge < -0.3 is 19.9 Å². The van der Waals surface area contributed by atoms with Gasteiger partial charge in [0.1, 0.15) is 6.61 Å². The lowest BCUT2D eigenvalue weighted by molar-refractivity contribution is 0.118. The molecule has 0 heterocycles. The molecular weight excluding hydrogens is 296 g/mol. The highest BCUT2D eigenvalue weighted by molar-refractivity contribution is 6.19. The van der Waals surface area contributed by atoms with E-state index in [2.05, 4.69) is 9.83 Å². The Bertz CT molecular complexity index is 467. The highest BCUT2D eigenvalue weighted by Crippen LogP contribution is 2.03. The summed E-state index contributed by atoms with van der Waals surface area (Å²) in [6.07, 6.45) is -1.79. The lowest BCUT2D eigenvalue weighted by Gasteiger charge is -2.20. The number of benzene rings is 1. The summed E-state index contributed by atoms with van der Waals surface area (Å²) in [5, 5.41) is 12.4. The lowest BCUT2D eigenvalue weighted by Crippen LogP contribution is -2.45. The Hall–Kier alpha value is -1.79. The third-order valence-electron chi connectivity index (χ3n) is 2.66. The predicted molar refractivity (Wildman–Crippen MR) is 80.1 cm³/mol. The molecule has 1 rings (SSSR count). The van der Waals surface area contributed by atoms with Crippen LogP contribution < -0.4 is 5.32 Å². The van der Waals surface area contributed by atoms with Gasteiger partial charge in [-0.25, -0.2) is 4.79 Å². The minimum atomic E-state index is -1.15. The summed E-state index contributed by atoms with van der Waals surface area (Å²) in [6.45, 7) is 3.79. The van der Waals surface area contributed by atoms with Crippen molar-refractivity contribution in [3.8, 4) is 0 Å². The van der Waals surface area contributed by atoms with E-state index in [0.717, 1.165) is 5.56 Å². The number of aliphatic hydroxyl groups is 1. The summed E-state index contributed by atoms with van der Waals surface area (Å²) in [6, 6.07) is 8.63. The maximum absolute atomic E-state index is 11.6. The first-order chi connectivity index (χ1) is 10.1. The first-order valence-electron chi connectivity index (χ1n) is 6.55. The topological polar surface area (TPSA) is 80.2 Å². The van der Waals surface area contributed by atoms with Crippen LogP contribution in [0.25, 0.3) is 0 Å². The normalized spacial score (nSPS) is 14.2. The maximum atomic E-state index is 11.6. The second kappa shape index (κ2) is 9.20. The quantitative estimate of drug-likeness (QED) is 0.623. The molecule has 0 saturated heterocycles. The van der Waals surface area contributed by atoms with Crippen LogP contribution >= 0.6 is 11.8 Å². The van der Waals surface area contributed by atoms with Gasteiger partial charge in [-0.05, 0) is 19.4 Å². The van der Waals surface area contributed by atoms with Crippen LogP contribution in [0.2, 0.25) is 0 Å². The molecule has 0 fully saturated rings. The van der Waals surface area contributed by atoms with Gasteiger partial charge in [-0.2, -0.15) is 0 Å². The second-order valence-electron chi connectivity index (χ2n) is 4.30. The van der Waals surface area contributed by atoms with E-state index in [1.807, 2.05) is 30.3 Å². The summed E-state index contributed by atoms with van der Waals surface area (Å²) >= 11 is 5.32. The SMILES string of the molecule is CCO/C(=N\Cl)C(O)[C@H](C)NC(=O)OCc1ccccc1. The Labute approximate surface area is 128 Å². The van der Waals surface area contributed by atoms with E-state index in [1.54, 1.807) is 13.8 Å². The molecular formula is C14H19ClN2O4. The molecule has 0 aromatic heterocycles. The monoisotopic (exact) mass is 314 g/mol. The summed E-state index contributed by atoms with van der Waals surface area (Å²) < 4.78 is 13.4. The van der Waals surface area contributed by atoms with Crippen molar-refractivity contribution < 1.29 is 19.4 Å². The predicted octanol–water partition coefficient (Wildman–Crippen LogP) is 2.25. The van der Waals surface area contributed by atoms with Gasteiger partial charge in [0.2, 0.25) is 5.90 Å². The lowest BCUT2D eigenvalue weighted by atomic mass is 10.2. The van der Waals surface area contributed by atoms with Gasteiger partial charge in [0, 0.05) is 11.8 Å². The van der Waals surface area contributed by atoms with E-state index in [-0.39, 0.29) is 12.5 Å². The average Bonchev–Trinajstić information content (AvgIpc) is 2.51. The molecule has 2 N–H and O–H groups in total. The van der Waals surface area contributed by atoms with Gasteiger partial charge in [0.15, 0.2) is 6.10 Å². The number of nitrogens with zero attached hydrogens (tertiary/aromatic N) is 1. The molecule has 7 heteroatoms. The van der Waals surface area contributed by atoms with Crippen molar-refractivity contribution >= 4 is 23.8 Å². The highest BCUT2D eigenvalue weighted by Gasteiger charge is 2.23. The largest absolute Gasteiger partial charge is 0.478 e. The van der Waals surface area contributed by atoms with E-state index in [9.17, 15) is 9.90 Å². The first-order valence-corrected chi connectivity index (χ1v) is 6.89. The number of ether oxygens (including phenoxy) is 2. The molecule has 0 aliphatic carbocycles. The van der Waals surface area contributed by atoms with Crippen molar-refractivity contribution in [2.24, 2.45) is 4.51 Å². The van der Waals surface area contributed by atoms with Crippen LogP contribution in [0.1, 0.15) is 19.4 Å². The number of hydrogen-bond donors (Lipinski definition) is 2. The minimum Gasteiger partial charge on any atom is -0.478 e. The first kappa shape index (κ1) is 17.3. The van der Waals surface area contributed by atoms with Crippen molar-refractivity contribution in [1.29, 1.82) is 0 Å². The van der Waals surface area contributed by atoms with Crippen LogP contribution in [-0.4, -0.2) is 35.9 Å². The zero-order valence-corrected chi connectivity index (χ0v) is 12.7. The summed E-state index contributed by atoms with van der Waals surface area (Å²) in [4.78, 5) is 11.6. The maximum Gasteiger partial charge on any atom is 0.407 e.